The number of ether oxygens (including phenoxy) is 1. The lowest BCUT2D eigenvalue weighted by molar-refractivity contribution is -1.00. The lowest BCUT2D eigenvalue weighted by atomic mass is 9.52. The molecule has 5 fully saturated rings. The third kappa shape index (κ3) is 4.29. The van der Waals surface area contributed by atoms with Crippen LogP contribution in [-0.4, -0.2) is 82.9 Å². The van der Waals surface area contributed by atoms with Crippen LogP contribution in [0.1, 0.15) is 83.5 Å². The van der Waals surface area contributed by atoms with Crippen LogP contribution in [0.4, 0.5) is 0 Å². The van der Waals surface area contributed by atoms with Crippen molar-refractivity contribution < 1.29 is 19.4 Å². The molecule has 1 saturated carbocycles. The first-order valence-electron chi connectivity index (χ1n) is 16.2. The number of allylic oxidation sites excluding steroid dienone is 7. The van der Waals surface area contributed by atoms with E-state index in [1.165, 1.54) is 51.4 Å². The normalized spacial score (nSPS) is 50.3. The summed E-state index contributed by atoms with van der Waals surface area (Å²) in [7, 11) is 1.96. The molecule has 0 aromatic rings. The molecule has 9 atom stereocenters. The number of rotatable bonds is 1. The van der Waals surface area contributed by atoms with Gasteiger partial charge in [0.25, 0.3) is 0 Å². The number of nitrogens with zero attached hydrogens (tertiary/aromatic N) is 2. The van der Waals surface area contributed by atoms with Crippen LogP contribution in [0.3, 0.4) is 0 Å². The average molecular weight is 538 g/mol. The van der Waals surface area contributed by atoms with E-state index in [0.29, 0.717) is 11.8 Å². The Kier molecular flexibility index (Phi) is 8.27. The monoisotopic (exact) mass is 537 g/mol. The number of aliphatic hydroxyl groups is 2. The van der Waals surface area contributed by atoms with Crippen molar-refractivity contribution in [1.82, 2.24) is 4.90 Å². The Bertz CT molecular complexity index is 975. The maximum absolute atomic E-state index is 12.5. The van der Waals surface area contributed by atoms with Gasteiger partial charge in [0, 0.05) is 25.4 Å². The third-order valence-corrected chi connectivity index (χ3v) is 11.8. The number of hydrogen-bond acceptors (Lipinski definition) is 4. The van der Waals surface area contributed by atoms with Crippen LogP contribution in [-0.2, 0) is 4.74 Å². The molecule has 5 nitrogen and oxygen atoms in total. The SMILES string of the molecule is CO[C@@H]1[C@@]23CCCCCC/C=C\CCCN4CC[C@@H]5[C@@H](C2)C[N+]12CCC/C=C\C/C=C\C=C\[C@H](O)[C@@H](O)[C@@]52[C@@H]43. The maximum atomic E-state index is 12.5. The highest BCUT2D eigenvalue weighted by Crippen LogP contribution is 2.74. The second-order valence-corrected chi connectivity index (χ2v) is 13.6. The lowest BCUT2D eigenvalue weighted by Gasteiger charge is -2.58. The standard InChI is InChI=1S/C34H53N2O3/c1-39-32-33-21-16-12-8-4-2-5-9-13-17-22-35-23-20-28-27(25-33)26-36(32)24-18-14-10-6-3-7-11-15-19-29(37)30(38)34(28,36)31(33)35/h5-7,9-11,15,19,27-32,37-38H,2-4,8,12-14,16-18,20-26H2,1H3/q+1/b9-5-,10-6-,11-7-,19-15+/t27-,28+,29-,30+,31-,32+,33-,34+,36?/m0/s1. The van der Waals surface area contributed by atoms with Crippen LogP contribution in [0.2, 0.25) is 0 Å². The van der Waals surface area contributed by atoms with Gasteiger partial charge in [-0.15, -0.1) is 0 Å². The summed E-state index contributed by atoms with van der Waals surface area (Å²) in [5.41, 5.74) is -0.335. The van der Waals surface area contributed by atoms with Gasteiger partial charge in [0.1, 0.15) is 12.2 Å². The van der Waals surface area contributed by atoms with E-state index in [4.69, 9.17) is 4.74 Å². The molecule has 5 heteroatoms. The molecule has 7 aliphatic rings. The average Bonchev–Trinajstić information content (AvgIpc) is 3.23. The molecule has 0 aromatic carbocycles. The Morgan fingerprint density at radius 2 is 1.67 bits per heavy atom. The van der Waals surface area contributed by atoms with Gasteiger partial charge in [-0.3, -0.25) is 9.38 Å². The number of quaternary nitrogens is 1. The molecule has 6 aliphatic heterocycles. The minimum atomic E-state index is -0.866. The molecule has 0 amide bonds. The van der Waals surface area contributed by atoms with Crippen LogP contribution in [0, 0.1) is 17.3 Å². The van der Waals surface area contributed by atoms with Crippen molar-refractivity contribution >= 4 is 0 Å². The van der Waals surface area contributed by atoms with Gasteiger partial charge in [-0.05, 0) is 70.9 Å². The van der Waals surface area contributed by atoms with Crippen LogP contribution in [0.15, 0.2) is 48.6 Å². The summed E-state index contributed by atoms with van der Waals surface area (Å²) in [4.78, 5) is 2.80. The maximum Gasteiger partial charge on any atom is 0.200 e. The van der Waals surface area contributed by atoms with Crippen LogP contribution >= 0.6 is 0 Å². The summed E-state index contributed by atoms with van der Waals surface area (Å²) in [5, 5.41) is 24.2. The van der Waals surface area contributed by atoms with E-state index in [-0.39, 0.29) is 23.2 Å². The summed E-state index contributed by atoms with van der Waals surface area (Å²) in [6.07, 6.45) is 31.1. The highest BCUT2D eigenvalue weighted by Gasteiger charge is 2.89. The number of hydrogen-bond donors (Lipinski definition) is 2. The quantitative estimate of drug-likeness (QED) is 0.342. The zero-order valence-electron chi connectivity index (χ0n) is 24.3. The van der Waals surface area contributed by atoms with Gasteiger partial charge in [0.15, 0.2) is 5.54 Å². The molecule has 6 bridgehead atoms. The highest BCUT2D eigenvalue weighted by molar-refractivity contribution is 5.28. The molecule has 0 aromatic heterocycles. The van der Waals surface area contributed by atoms with Crippen LogP contribution in [0.5, 0.6) is 0 Å². The topological polar surface area (TPSA) is 52.9 Å². The zero-order chi connectivity index (χ0) is 26.9. The summed E-state index contributed by atoms with van der Waals surface area (Å²) in [5.74, 6) is 1.07. The van der Waals surface area contributed by atoms with Crippen LogP contribution in [0.25, 0.3) is 0 Å². The van der Waals surface area contributed by atoms with Crippen LogP contribution < -0.4 is 0 Å². The van der Waals surface area contributed by atoms with Gasteiger partial charge in [-0.2, -0.15) is 0 Å². The summed E-state index contributed by atoms with van der Waals surface area (Å²) in [6, 6.07) is 0.261. The van der Waals surface area contributed by atoms with Crippen molar-refractivity contribution in [2.45, 2.75) is 113 Å². The van der Waals surface area contributed by atoms with Crippen molar-refractivity contribution in [3.8, 4) is 0 Å². The Morgan fingerprint density at radius 1 is 0.872 bits per heavy atom. The lowest BCUT2D eigenvalue weighted by Crippen LogP contribution is -2.77. The van der Waals surface area contributed by atoms with Crippen molar-refractivity contribution in [2.24, 2.45) is 17.3 Å². The van der Waals surface area contributed by atoms with E-state index in [9.17, 15) is 10.2 Å². The zero-order valence-corrected chi connectivity index (χ0v) is 24.3. The van der Waals surface area contributed by atoms with Gasteiger partial charge < -0.3 is 14.9 Å². The smallest absolute Gasteiger partial charge is 0.200 e. The fraction of sp³-hybridized carbons (Fsp3) is 0.765. The van der Waals surface area contributed by atoms with Gasteiger partial charge >= 0.3 is 0 Å². The summed E-state index contributed by atoms with van der Waals surface area (Å²) in [6.45, 7) is 4.35. The van der Waals surface area contributed by atoms with Crippen molar-refractivity contribution in [3.63, 3.8) is 0 Å². The number of methoxy groups -OCH3 is 1. The fourth-order valence-corrected chi connectivity index (χ4v) is 11.0. The molecule has 3 spiro atoms. The second-order valence-electron chi connectivity index (χ2n) is 13.6. The third-order valence-electron chi connectivity index (χ3n) is 11.8. The van der Waals surface area contributed by atoms with E-state index in [1.54, 1.807) is 0 Å². The summed E-state index contributed by atoms with van der Waals surface area (Å²) >= 11 is 0. The Balaban J connectivity index is 1.49. The van der Waals surface area contributed by atoms with Crippen molar-refractivity contribution in [1.29, 1.82) is 0 Å². The first kappa shape index (κ1) is 27.9. The number of piperidine rings is 2. The van der Waals surface area contributed by atoms with E-state index >= 15 is 0 Å². The molecule has 1 aliphatic carbocycles. The molecule has 4 saturated heterocycles. The molecule has 6 heterocycles. The van der Waals surface area contributed by atoms with E-state index in [1.807, 2.05) is 25.3 Å². The number of aliphatic hydroxyl groups excluding tert-OH is 2. The van der Waals surface area contributed by atoms with Gasteiger partial charge in [-0.25, -0.2) is 0 Å². The van der Waals surface area contributed by atoms with E-state index in [2.05, 4.69) is 35.3 Å². The Morgan fingerprint density at radius 3 is 2.54 bits per heavy atom. The molecule has 216 valence electrons. The largest absolute Gasteiger partial charge is 0.386 e. The molecule has 2 N–H and O–H groups in total. The minimum absolute atomic E-state index is 0.0443. The molecule has 0 radical (unpaired) electrons. The fourth-order valence-electron chi connectivity index (χ4n) is 11.0. The Labute approximate surface area is 236 Å². The molecule has 7 rings (SSSR count). The molecular formula is C34H53N2O3+. The van der Waals surface area contributed by atoms with Gasteiger partial charge in [0.2, 0.25) is 6.23 Å². The van der Waals surface area contributed by atoms with E-state index < -0.39 is 12.2 Å². The van der Waals surface area contributed by atoms with E-state index in [0.717, 1.165) is 62.8 Å². The predicted molar refractivity (Wildman–Crippen MR) is 157 cm³/mol. The van der Waals surface area contributed by atoms with Crippen molar-refractivity contribution in [3.05, 3.63) is 48.6 Å². The Hall–Kier alpha value is -1.24. The van der Waals surface area contributed by atoms with Crippen molar-refractivity contribution in [2.75, 3.05) is 33.3 Å². The van der Waals surface area contributed by atoms with Gasteiger partial charge in [-0.1, -0.05) is 67.9 Å². The van der Waals surface area contributed by atoms with Gasteiger partial charge in [0.05, 0.1) is 24.5 Å². The highest BCUT2D eigenvalue weighted by atomic mass is 16.5. The molecule has 1 unspecified atom stereocenters. The minimum Gasteiger partial charge on any atom is -0.386 e. The second kappa shape index (κ2) is 11.6. The molecular weight excluding hydrogens is 484 g/mol. The first-order chi connectivity index (χ1) is 19.1. The molecule has 39 heavy (non-hydrogen) atoms. The first-order valence-corrected chi connectivity index (χ1v) is 16.2. The predicted octanol–water partition coefficient (Wildman–Crippen LogP) is 5.50. The summed E-state index contributed by atoms with van der Waals surface area (Å²) < 4.78 is 7.60.